The number of esters is 1. The molecule has 0 bridgehead atoms. The van der Waals surface area contributed by atoms with Gasteiger partial charge in [0.15, 0.2) is 18.1 Å². The number of nitrogens with zero attached hydrogens (tertiary/aromatic N) is 1. The van der Waals surface area contributed by atoms with Crippen molar-refractivity contribution < 1.29 is 23.8 Å². The highest BCUT2D eigenvalue weighted by Crippen LogP contribution is 2.39. The molecule has 0 spiro atoms. The number of ketones is 1. The number of Topliss-reactive ketones (excluding diaryl/α,β-unsaturated/α-hetero) is 1. The highest BCUT2D eigenvalue weighted by molar-refractivity contribution is 7.18. The van der Waals surface area contributed by atoms with Crippen molar-refractivity contribution in [2.24, 2.45) is 0 Å². The molecule has 0 unspecified atom stereocenters. The van der Waals surface area contributed by atoms with Gasteiger partial charge in [-0.1, -0.05) is 35.9 Å². The van der Waals surface area contributed by atoms with Crippen LogP contribution in [0.15, 0.2) is 54.6 Å². The summed E-state index contributed by atoms with van der Waals surface area (Å²) in [5.41, 5.74) is 4.79. The first-order valence-electron chi connectivity index (χ1n) is 11.0. The van der Waals surface area contributed by atoms with E-state index in [-0.39, 0.29) is 19.2 Å². The molecule has 0 amide bonds. The highest BCUT2D eigenvalue weighted by Gasteiger charge is 2.28. The van der Waals surface area contributed by atoms with Crippen molar-refractivity contribution in [3.8, 4) is 11.5 Å². The maximum atomic E-state index is 13.3. The Morgan fingerprint density at radius 1 is 1.06 bits per heavy atom. The second-order valence-electron chi connectivity index (χ2n) is 8.22. The summed E-state index contributed by atoms with van der Waals surface area (Å²) < 4.78 is 16.9. The van der Waals surface area contributed by atoms with Crippen LogP contribution in [0.4, 0.5) is 0 Å². The molecule has 0 saturated heterocycles. The van der Waals surface area contributed by atoms with Crippen molar-refractivity contribution in [3.63, 3.8) is 0 Å². The minimum Gasteiger partial charge on any atom is -0.454 e. The predicted octanol–water partition coefficient (Wildman–Crippen LogP) is 6.20. The molecule has 1 aliphatic carbocycles. The van der Waals surface area contributed by atoms with Gasteiger partial charge in [0, 0.05) is 5.39 Å². The van der Waals surface area contributed by atoms with Crippen LogP contribution in [0.1, 0.15) is 43.3 Å². The number of halogens is 1. The van der Waals surface area contributed by atoms with Gasteiger partial charge in [-0.15, -0.1) is 11.3 Å². The Morgan fingerprint density at radius 2 is 1.91 bits per heavy atom. The summed E-state index contributed by atoms with van der Waals surface area (Å²) >= 11 is 7.09. The van der Waals surface area contributed by atoms with E-state index in [0.29, 0.717) is 37.9 Å². The number of ether oxygens (including phenoxy) is 3. The summed E-state index contributed by atoms with van der Waals surface area (Å²) in [5.74, 6) is 0.631. The van der Waals surface area contributed by atoms with Gasteiger partial charge in [0.25, 0.3) is 0 Å². The van der Waals surface area contributed by atoms with Crippen molar-refractivity contribution in [2.45, 2.75) is 12.8 Å². The fourth-order valence-electron chi connectivity index (χ4n) is 4.45. The van der Waals surface area contributed by atoms with E-state index >= 15 is 0 Å². The predicted molar refractivity (Wildman–Crippen MR) is 134 cm³/mol. The topological polar surface area (TPSA) is 74.7 Å². The van der Waals surface area contributed by atoms with Crippen LogP contribution >= 0.6 is 22.9 Å². The molecule has 0 saturated carbocycles. The van der Waals surface area contributed by atoms with E-state index < -0.39 is 5.97 Å². The third kappa shape index (κ3) is 4.07. The zero-order valence-electron chi connectivity index (χ0n) is 18.4. The van der Waals surface area contributed by atoms with Crippen LogP contribution in [0.5, 0.6) is 11.5 Å². The molecule has 6 nitrogen and oxygen atoms in total. The van der Waals surface area contributed by atoms with Crippen LogP contribution in [-0.2, 0) is 11.2 Å². The van der Waals surface area contributed by atoms with Crippen LogP contribution in [0, 0.1) is 0 Å². The van der Waals surface area contributed by atoms with Crippen LogP contribution in [-0.4, -0.2) is 30.1 Å². The van der Waals surface area contributed by atoms with Crippen LogP contribution < -0.4 is 9.47 Å². The average Bonchev–Trinajstić information content (AvgIpc) is 3.61. The molecule has 0 fully saturated rings. The highest BCUT2D eigenvalue weighted by atomic mass is 35.5. The van der Waals surface area contributed by atoms with Crippen molar-refractivity contribution in [1.29, 1.82) is 0 Å². The number of rotatable bonds is 5. The Kier molecular flexibility index (Phi) is 5.51. The minimum atomic E-state index is -0.528. The van der Waals surface area contributed by atoms with Crippen molar-refractivity contribution in [3.05, 3.63) is 86.2 Å². The number of carbonyl (C=O) groups is 2. The van der Waals surface area contributed by atoms with Gasteiger partial charge in [-0.3, -0.25) is 4.79 Å². The van der Waals surface area contributed by atoms with E-state index in [1.165, 1.54) is 0 Å². The molecule has 0 radical (unpaired) electrons. The van der Waals surface area contributed by atoms with E-state index in [0.717, 1.165) is 45.9 Å². The number of carbonyl (C=O) groups excluding carboxylic acids is 2. The van der Waals surface area contributed by atoms with Crippen molar-refractivity contribution in [1.82, 2.24) is 4.98 Å². The standard InChI is InChI=1S/C27H18ClNO5S/c28-24-10-9-23(35-24)20(30)13-32-27(31)25-17-3-1-2-4-19(17)29-26-16(6-7-18(25)26)11-15-5-8-21-22(12-15)34-14-33-21/h1-5,8-12H,6-7,13-14H2. The smallest absolute Gasteiger partial charge is 0.339 e. The van der Waals surface area contributed by atoms with E-state index in [1.54, 1.807) is 12.1 Å². The van der Waals surface area contributed by atoms with Gasteiger partial charge in [0.05, 0.1) is 26.0 Å². The van der Waals surface area contributed by atoms with Gasteiger partial charge < -0.3 is 14.2 Å². The summed E-state index contributed by atoms with van der Waals surface area (Å²) in [6.45, 7) is -0.125. The van der Waals surface area contributed by atoms with Crippen LogP contribution in [0.25, 0.3) is 22.6 Å². The Labute approximate surface area is 209 Å². The molecule has 35 heavy (non-hydrogen) atoms. The van der Waals surface area contributed by atoms with E-state index in [2.05, 4.69) is 6.08 Å². The number of benzene rings is 2. The summed E-state index contributed by atoms with van der Waals surface area (Å²) in [5, 5.41) is 0.715. The first-order valence-corrected chi connectivity index (χ1v) is 12.2. The van der Waals surface area contributed by atoms with Gasteiger partial charge in [0.1, 0.15) is 0 Å². The lowest BCUT2D eigenvalue weighted by Gasteiger charge is -2.12. The molecule has 8 heteroatoms. The lowest BCUT2D eigenvalue weighted by atomic mass is 10.0. The van der Waals surface area contributed by atoms with E-state index in [4.69, 9.17) is 30.8 Å². The van der Waals surface area contributed by atoms with Crippen LogP contribution in [0.3, 0.4) is 0 Å². The fraction of sp³-hybridized carbons (Fsp3) is 0.148. The lowest BCUT2D eigenvalue weighted by molar-refractivity contribution is 0.0476. The Morgan fingerprint density at radius 3 is 2.77 bits per heavy atom. The Balaban J connectivity index is 1.35. The number of para-hydroxylation sites is 1. The Bertz CT molecular complexity index is 1540. The molecule has 174 valence electrons. The Hall–Kier alpha value is -3.68. The maximum Gasteiger partial charge on any atom is 0.339 e. The zero-order chi connectivity index (χ0) is 23.9. The largest absolute Gasteiger partial charge is 0.454 e. The molecule has 2 aliphatic rings. The SMILES string of the molecule is O=C(COC(=O)c1c2c(nc3ccccc13)C(=Cc1ccc3c(c1)OCO3)CC2)c1ccc(Cl)s1. The van der Waals surface area contributed by atoms with Gasteiger partial charge in [-0.25, -0.2) is 9.78 Å². The van der Waals surface area contributed by atoms with Crippen LogP contribution in [0.2, 0.25) is 4.34 Å². The summed E-state index contributed by atoms with van der Waals surface area (Å²) in [4.78, 5) is 31.1. The molecular weight excluding hydrogens is 486 g/mol. The molecule has 0 N–H and O–H groups in total. The molecule has 6 rings (SSSR count). The summed E-state index contributed by atoms with van der Waals surface area (Å²) in [6.07, 6.45) is 3.46. The lowest BCUT2D eigenvalue weighted by Crippen LogP contribution is -2.15. The monoisotopic (exact) mass is 503 g/mol. The normalized spacial score (nSPS) is 14.9. The second kappa shape index (κ2) is 8.83. The maximum absolute atomic E-state index is 13.3. The first-order chi connectivity index (χ1) is 17.1. The van der Waals surface area contributed by atoms with Gasteiger partial charge in [-0.2, -0.15) is 0 Å². The number of fused-ring (bicyclic) bond motifs is 3. The molecule has 0 atom stereocenters. The second-order valence-corrected chi connectivity index (χ2v) is 9.93. The van der Waals surface area contributed by atoms with Gasteiger partial charge in [-0.05, 0) is 65.9 Å². The molecule has 2 aromatic heterocycles. The number of allylic oxidation sites excluding steroid dienone is 1. The summed E-state index contributed by atoms with van der Waals surface area (Å²) in [6, 6.07) is 16.6. The number of hydrogen-bond acceptors (Lipinski definition) is 7. The average molecular weight is 504 g/mol. The minimum absolute atomic E-state index is 0.221. The zero-order valence-corrected chi connectivity index (χ0v) is 19.9. The number of pyridine rings is 1. The van der Waals surface area contributed by atoms with Crippen molar-refractivity contribution >= 4 is 57.2 Å². The molecule has 4 aromatic rings. The number of thiophene rings is 1. The third-order valence-corrected chi connectivity index (χ3v) is 7.34. The molecule has 3 heterocycles. The van der Waals surface area contributed by atoms with Gasteiger partial charge >= 0.3 is 5.97 Å². The number of aromatic nitrogens is 1. The quantitative estimate of drug-likeness (QED) is 0.238. The molecule has 2 aromatic carbocycles. The fourth-order valence-corrected chi connectivity index (χ4v) is 5.42. The summed E-state index contributed by atoms with van der Waals surface area (Å²) in [7, 11) is 0. The number of hydrogen-bond donors (Lipinski definition) is 0. The molecular formula is C27H18ClNO5S. The van der Waals surface area contributed by atoms with E-state index in [9.17, 15) is 9.59 Å². The van der Waals surface area contributed by atoms with E-state index in [1.807, 2.05) is 42.5 Å². The third-order valence-electron chi connectivity index (χ3n) is 6.07. The van der Waals surface area contributed by atoms with Gasteiger partial charge in [0.2, 0.25) is 12.6 Å². The van der Waals surface area contributed by atoms with Crippen molar-refractivity contribution in [2.75, 3.05) is 13.4 Å². The first kappa shape index (κ1) is 21.8. The molecule has 1 aliphatic heterocycles.